The number of nitrogens with one attached hydrogen (secondary N) is 1. The van der Waals surface area contributed by atoms with Crippen LogP contribution in [-0.4, -0.2) is 49.5 Å². The van der Waals surface area contributed by atoms with Gasteiger partial charge in [0.2, 0.25) is 0 Å². The van der Waals surface area contributed by atoms with Gasteiger partial charge in [-0.05, 0) is 12.1 Å². The van der Waals surface area contributed by atoms with Gasteiger partial charge in [0.15, 0.2) is 9.84 Å². The van der Waals surface area contributed by atoms with Crippen molar-refractivity contribution in [3.63, 3.8) is 0 Å². The highest BCUT2D eigenvalue weighted by Gasteiger charge is 2.21. The van der Waals surface area contributed by atoms with Crippen LogP contribution in [0.2, 0.25) is 0 Å². The molecule has 1 amide bonds. The molecule has 0 bridgehead atoms. The van der Waals surface area contributed by atoms with Crippen molar-refractivity contribution in [2.24, 2.45) is 0 Å². The Kier molecular flexibility index (Phi) is 5.46. The zero-order valence-corrected chi connectivity index (χ0v) is 11.4. The fraction of sp³-hybridized carbons (Fsp3) is 0.417. The zero-order valence-electron chi connectivity index (χ0n) is 10.5. The van der Waals surface area contributed by atoms with Crippen LogP contribution in [0.3, 0.4) is 0 Å². The summed E-state index contributed by atoms with van der Waals surface area (Å²) >= 11 is 0. The van der Waals surface area contributed by atoms with Gasteiger partial charge in [-0.1, -0.05) is 19.1 Å². The molecule has 3 N–H and O–H groups in total. The van der Waals surface area contributed by atoms with E-state index in [2.05, 4.69) is 5.32 Å². The summed E-state index contributed by atoms with van der Waals surface area (Å²) in [5, 5.41) is 20.2. The van der Waals surface area contributed by atoms with E-state index in [9.17, 15) is 13.2 Å². The van der Waals surface area contributed by atoms with Crippen LogP contribution in [0.15, 0.2) is 29.2 Å². The molecular formula is C12H17NO5S. The van der Waals surface area contributed by atoms with E-state index in [0.717, 1.165) is 0 Å². The second-order valence-corrected chi connectivity index (χ2v) is 6.18. The molecule has 0 radical (unpaired) electrons. The molecule has 0 unspecified atom stereocenters. The Bertz CT molecular complexity index is 537. The van der Waals surface area contributed by atoms with Crippen molar-refractivity contribution in [3.05, 3.63) is 29.8 Å². The molecule has 1 aromatic carbocycles. The summed E-state index contributed by atoms with van der Waals surface area (Å²) in [6, 6.07) is 5.03. The van der Waals surface area contributed by atoms with Gasteiger partial charge in [-0.15, -0.1) is 0 Å². The Hall–Kier alpha value is -1.44. The Morgan fingerprint density at radius 1 is 1.26 bits per heavy atom. The predicted octanol–water partition coefficient (Wildman–Crippen LogP) is -0.437. The molecule has 0 fully saturated rings. The number of hydrogen-bond acceptors (Lipinski definition) is 5. The smallest absolute Gasteiger partial charge is 0.252 e. The molecule has 106 valence electrons. The maximum atomic E-state index is 12.0. The van der Waals surface area contributed by atoms with Gasteiger partial charge in [-0.3, -0.25) is 4.79 Å². The van der Waals surface area contributed by atoms with E-state index < -0.39 is 35.0 Å². The fourth-order valence-corrected chi connectivity index (χ4v) is 2.59. The van der Waals surface area contributed by atoms with Gasteiger partial charge >= 0.3 is 0 Å². The van der Waals surface area contributed by atoms with Crippen molar-refractivity contribution < 1.29 is 23.4 Å². The molecule has 1 rings (SSSR count). The molecule has 7 heteroatoms. The van der Waals surface area contributed by atoms with Gasteiger partial charge in [-0.25, -0.2) is 8.42 Å². The number of carbonyl (C=O) groups is 1. The first-order valence-electron chi connectivity index (χ1n) is 5.80. The van der Waals surface area contributed by atoms with Crippen molar-refractivity contribution in [2.45, 2.75) is 17.9 Å². The summed E-state index contributed by atoms with van der Waals surface area (Å²) in [6.07, 6.45) is 0. The molecule has 19 heavy (non-hydrogen) atoms. The molecule has 6 nitrogen and oxygen atoms in total. The van der Waals surface area contributed by atoms with E-state index in [1.165, 1.54) is 25.1 Å². The van der Waals surface area contributed by atoms with Crippen molar-refractivity contribution in [1.29, 1.82) is 0 Å². The first-order chi connectivity index (χ1) is 8.96. The van der Waals surface area contributed by atoms with Crippen molar-refractivity contribution in [1.82, 2.24) is 5.32 Å². The number of benzene rings is 1. The molecule has 0 saturated heterocycles. The zero-order chi connectivity index (χ0) is 14.5. The number of carbonyl (C=O) groups excluding carboxylic acids is 1. The second-order valence-electron chi connectivity index (χ2n) is 3.94. The Morgan fingerprint density at radius 2 is 1.84 bits per heavy atom. The van der Waals surface area contributed by atoms with Crippen LogP contribution >= 0.6 is 0 Å². The highest BCUT2D eigenvalue weighted by atomic mass is 32.2. The summed E-state index contributed by atoms with van der Waals surface area (Å²) in [5.74, 6) is -0.749. The molecule has 0 spiro atoms. The molecule has 0 aliphatic rings. The predicted molar refractivity (Wildman–Crippen MR) is 69.6 cm³/mol. The van der Waals surface area contributed by atoms with Crippen LogP contribution in [0.25, 0.3) is 0 Å². The van der Waals surface area contributed by atoms with Crippen LogP contribution in [0, 0.1) is 0 Å². The normalized spacial score (nSPS) is 11.6. The minimum Gasteiger partial charge on any atom is -0.394 e. The minimum atomic E-state index is -3.51. The standard InChI is InChI=1S/C12H17NO5S/c1-2-19(17,18)11-6-4-3-5-10(11)12(16)13-9(7-14)8-15/h3-6,9,14-15H,2,7-8H2,1H3,(H,13,16). The molecule has 1 aromatic rings. The molecule has 0 aliphatic carbocycles. The van der Waals surface area contributed by atoms with Crippen molar-refractivity contribution in [2.75, 3.05) is 19.0 Å². The topological polar surface area (TPSA) is 104 Å². The van der Waals surface area contributed by atoms with E-state index >= 15 is 0 Å². The number of amides is 1. The lowest BCUT2D eigenvalue weighted by atomic mass is 10.2. The number of sulfone groups is 1. The van der Waals surface area contributed by atoms with Gasteiger partial charge in [0.1, 0.15) is 0 Å². The summed E-state index contributed by atoms with van der Waals surface area (Å²) in [5.41, 5.74) is 0.0104. The molecule has 0 aliphatic heterocycles. The number of rotatable bonds is 6. The Balaban J connectivity index is 3.11. The lowest BCUT2D eigenvalue weighted by molar-refractivity contribution is 0.0876. The lowest BCUT2D eigenvalue weighted by Gasteiger charge is -2.15. The molecule has 0 saturated carbocycles. The maximum Gasteiger partial charge on any atom is 0.252 e. The maximum absolute atomic E-state index is 12.0. The summed E-state index contributed by atoms with van der Waals surface area (Å²) in [6.45, 7) is 0.643. The third-order valence-corrected chi connectivity index (χ3v) is 4.41. The minimum absolute atomic E-state index is 0.0104. The van der Waals surface area contributed by atoms with Gasteiger partial charge in [0, 0.05) is 0 Å². The Labute approximate surface area is 112 Å². The third kappa shape index (κ3) is 3.76. The quantitative estimate of drug-likeness (QED) is 0.658. The highest BCUT2D eigenvalue weighted by Crippen LogP contribution is 2.17. The first-order valence-corrected chi connectivity index (χ1v) is 7.45. The van der Waals surface area contributed by atoms with E-state index in [1.54, 1.807) is 6.07 Å². The molecular weight excluding hydrogens is 270 g/mol. The van der Waals surface area contributed by atoms with Gasteiger partial charge in [0.05, 0.1) is 35.5 Å². The first kappa shape index (κ1) is 15.6. The number of aliphatic hydroxyl groups is 2. The van der Waals surface area contributed by atoms with Crippen LogP contribution in [-0.2, 0) is 9.84 Å². The van der Waals surface area contributed by atoms with E-state index in [0.29, 0.717) is 0 Å². The Morgan fingerprint density at radius 3 is 2.37 bits per heavy atom. The monoisotopic (exact) mass is 287 g/mol. The molecule has 0 atom stereocenters. The second kappa shape index (κ2) is 6.65. The highest BCUT2D eigenvalue weighted by molar-refractivity contribution is 7.91. The van der Waals surface area contributed by atoms with Gasteiger partial charge in [0.25, 0.3) is 5.91 Å². The largest absolute Gasteiger partial charge is 0.394 e. The molecule has 0 heterocycles. The van der Waals surface area contributed by atoms with Crippen LogP contribution in [0.5, 0.6) is 0 Å². The van der Waals surface area contributed by atoms with Gasteiger partial charge < -0.3 is 15.5 Å². The number of aliphatic hydroxyl groups excluding tert-OH is 2. The van der Waals surface area contributed by atoms with Gasteiger partial charge in [-0.2, -0.15) is 0 Å². The lowest BCUT2D eigenvalue weighted by Crippen LogP contribution is -2.40. The van der Waals surface area contributed by atoms with E-state index in [-0.39, 0.29) is 16.2 Å². The van der Waals surface area contributed by atoms with Crippen LogP contribution in [0.4, 0.5) is 0 Å². The average Bonchev–Trinajstić information content (AvgIpc) is 2.44. The third-order valence-electron chi connectivity index (χ3n) is 2.62. The summed E-state index contributed by atoms with van der Waals surface area (Å²) in [4.78, 5) is 11.9. The van der Waals surface area contributed by atoms with E-state index in [4.69, 9.17) is 10.2 Å². The van der Waals surface area contributed by atoms with E-state index in [1.807, 2.05) is 0 Å². The summed E-state index contributed by atoms with van der Waals surface area (Å²) in [7, 11) is -3.51. The average molecular weight is 287 g/mol. The van der Waals surface area contributed by atoms with Crippen LogP contribution < -0.4 is 5.32 Å². The van der Waals surface area contributed by atoms with Crippen LogP contribution in [0.1, 0.15) is 17.3 Å². The SMILES string of the molecule is CCS(=O)(=O)c1ccccc1C(=O)NC(CO)CO. The van der Waals surface area contributed by atoms with Crippen molar-refractivity contribution in [3.8, 4) is 0 Å². The fourth-order valence-electron chi connectivity index (χ4n) is 1.49. The number of hydrogen-bond donors (Lipinski definition) is 3. The van der Waals surface area contributed by atoms with Crippen molar-refractivity contribution >= 4 is 15.7 Å². The summed E-state index contributed by atoms with van der Waals surface area (Å²) < 4.78 is 23.7. The molecule has 0 aromatic heterocycles.